The fourth-order valence-corrected chi connectivity index (χ4v) is 17.2. The van der Waals surface area contributed by atoms with E-state index in [-0.39, 0.29) is 54.9 Å². The number of Topliss-reactive ketones (excluding diaryl/α,β-unsaturated/α-hetero) is 2. The van der Waals surface area contributed by atoms with Crippen molar-refractivity contribution in [1.29, 1.82) is 5.26 Å². The van der Waals surface area contributed by atoms with Gasteiger partial charge in [0.2, 0.25) is 0 Å². The number of aliphatic hydroxyl groups excluding tert-OH is 1. The van der Waals surface area contributed by atoms with Crippen LogP contribution in [0.2, 0.25) is 0 Å². The van der Waals surface area contributed by atoms with E-state index < -0.39 is 6.10 Å². The van der Waals surface area contributed by atoms with Crippen LogP contribution in [0.15, 0.2) is 101 Å². The number of ketones is 2. The zero-order valence-electron chi connectivity index (χ0n) is 62.0. The maximum absolute atomic E-state index is 11.5. The molecule has 4 radical (unpaired) electrons. The molecule has 33 nitrogen and oxygen atoms in total. The lowest BCUT2D eigenvalue weighted by Crippen LogP contribution is -2.42. The standard InChI is InChI=1S/C11H15BN3O2S.C11H14N4OS.C10H15N3OS.C10H13N3OS.C7H7BN3O2S.C7H8BN2O2S.C7H6BN2O2S.C4H9NO/c1-3-4-17-14(2)10-6-15(12-7-16)5-9-11(10)18-8-13-9;1-3-4-16-15(2)9-6-13-8(5-12)10-11(9)17-7-14-10;2*1-3-4-14-13(2)9-6-11-5-8-10(9)15-7-12-8;9-7-10-4-1-11(8-3-12)2-5(13)6(4)14-7;2*11-3-8-10-1-5-7(6(12)2-10)13-4-9-5;1-3-4-6-5-2/h3,7-8,10H,1,4-6H2,2H3;3,7-9,13H,1,4,6H2,2H3;3,7,9,11H,1,4-6H2,2H3;3,5,7,9H,1,4,6H2,2H3;3H,1-2H2,(H2,9,10);3-4,6,12H,1-2H2;3-4H,1-2H2;3,5H,1,4H2,2H3. The van der Waals surface area contributed by atoms with Crippen molar-refractivity contribution >= 4 is 157 Å². The highest BCUT2D eigenvalue weighted by molar-refractivity contribution is 7.17. The molecule has 0 saturated carbocycles. The first-order valence-electron chi connectivity index (χ1n) is 34.2. The Kier molecular flexibility index (Phi) is 40.4. The molecule has 14 rings (SSSR count). The van der Waals surface area contributed by atoms with E-state index in [0.717, 1.165) is 87.3 Å². The quantitative estimate of drug-likeness (QED) is 0.0151. The van der Waals surface area contributed by atoms with E-state index >= 15 is 0 Å². The van der Waals surface area contributed by atoms with Crippen LogP contribution < -0.4 is 21.8 Å². The van der Waals surface area contributed by atoms with Gasteiger partial charge in [0, 0.05) is 110 Å². The number of hydroxylamine groups is 9. The van der Waals surface area contributed by atoms with Crippen molar-refractivity contribution in [2.45, 2.75) is 69.0 Å². The maximum Gasteiger partial charge on any atom is 0.293 e. The molecule has 6 N–H and O–H groups in total. The molecule has 0 fully saturated rings. The van der Waals surface area contributed by atoms with Gasteiger partial charge in [-0.2, -0.15) is 25.5 Å². The van der Waals surface area contributed by atoms with Crippen LogP contribution in [0.5, 0.6) is 0 Å². The van der Waals surface area contributed by atoms with Gasteiger partial charge in [-0.3, -0.25) is 44.1 Å². The number of carbonyl (C=O) groups excluding carboxylic acids is 6. The monoisotopic (exact) mass is 1650 g/mol. The molecule has 6 unspecified atom stereocenters. The van der Waals surface area contributed by atoms with Crippen molar-refractivity contribution in [3.8, 4) is 6.07 Å². The van der Waals surface area contributed by atoms with Crippen LogP contribution in [-0.2, 0) is 76.1 Å². The van der Waals surface area contributed by atoms with Crippen LogP contribution in [0.25, 0.3) is 0 Å². The highest BCUT2D eigenvalue weighted by atomic mass is 32.1. The van der Waals surface area contributed by atoms with E-state index in [4.69, 9.17) is 30.3 Å². The molecule has 0 aliphatic carbocycles. The first kappa shape index (κ1) is 90.9. The Morgan fingerprint density at radius 1 is 0.568 bits per heavy atom. The third-order valence-electron chi connectivity index (χ3n) is 16.4. The second-order valence-electron chi connectivity index (χ2n) is 23.8. The highest BCUT2D eigenvalue weighted by Gasteiger charge is 2.35. The smallest absolute Gasteiger partial charge is 0.293 e. The van der Waals surface area contributed by atoms with E-state index in [1.807, 2.05) is 70.9 Å². The lowest BCUT2D eigenvalue weighted by molar-refractivity contribution is -0.162. The molecule has 0 saturated heterocycles. The molecule has 7 aliphatic heterocycles. The first-order valence-corrected chi connectivity index (χ1v) is 40.3. The average molecular weight is 1650 g/mol. The molecule has 44 heteroatoms. The summed E-state index contributed by atoms with van der Waals surface area (Å²) in [6.07, 6.45) is 12.8. The molecule has 0 aromatic carbocycles. The summed E-state index contributed by atoms with van der Waals surface area (Å²) in [5.41, 5.74) is 25.0. The van der Waals surface area contributed by atoms with E-state index in [2.05, 4.69) is 99.8 Å². The molecule has 0 spiro atoms. The number of rotatable bonds is 27. The summed E-state index contributed by atoms with van der Waals surface area (Å²) in [6, 6.07) is 2.54. The Morgan fingerprint density at radius 3 is 1.60 bits per heavy atom. The molecular weight excluding hydrogens is 1560 g/mol. The van der Waals surface area contributed by atoms with Crippen molar-refractivity contribution in [2.75, 3.05) is 120 Å². The van der Waals surface area contributed by atoms with Crippen molar-refractivity contribution in [3.05, 3.63) is 170 Å². The minimum atomic E-state index is -0.507. The van der Waals surface area contributed by atoms with Crippen molar-refractivity contribution in [3.63, 3.8) is 0 Å². The van der Waals surface area contributed by atoms with E-state index in [1.54, 1.807) is 126 Å². The molecule has 0 bridgehead atoms. The zero-order valence-corrected chi connectivity index (χ0v) is 67.8. The average Bonchev–Trinajstić information content (AvgIpc) is 1.69. The van der Waals surface area contributed by atoms with Gasteiger partial charge in [0.25, 0.3) is 29.7 Å². The number of nitrogens with one attached hydrogen (secondary N) is 3. The van der Waals surface area contributed by atoms with Gasteiger partial charge in [-0.15, -0.1) is 101 Å². The predicted octanol–water partition coefficient (Wildman–Crippen LogP) is 4.87. The maximum atomic E-state index is 11.5. The van der Waals surface area contributed by atoms with Gasteiger partial charge < -0.3 is 54.6 Å². The Hall–Kier alpha value is -7.33. The van der Waals surface area contributed by atoms with Gasteiger partial charge >= 0.3 is 0 Å². The molecule has 14 heterocycles. The second kappa shape index (κ2) is 49.3. The summed E-state index contributed by atoms with van der Waals surface area (Å²) >= 11 is 10.6. The summed E-state index contributed by atoms with van der Waals surface area (Å²) in [7, 11) is 15.1. The molecule has 111 heavy (non-hydrogen) atoms. The lowest BCUT2D eigenvalue weighted by Gasteiger charge is -2.35. The Balaban J connectivity index is 0.000000178. The Morgan fingerprint density at radius 2 is 1.03 bits per heavy atom. The van der Waals surface area contributed by atoms with Crippen LogP contribution in [0.4, 0.5) is 5.13 Å². The minimum Gasteiger partial charge on any atom is -0.386 e. The van der Waals surface area contributed by atoms with Crippen molar-refractivity contribution < 1.29 is 58.1 Å². The largest absolute Gasteiger partial charge is 0.386 e. The van der Waals surface area contributed by atoms with E-state index in [1.165, 1.54) is 70.9 Å². The van der Waals surface area contributed by atoms with Gasteiger partial charge in [0.05, 0.1) is 205 Å². The fourth-order valence-electron chi connectivity index (χ4n) is 11.2. The summed E-state index contributed by atoms with van der Waals surface area (Å²) < 4.78 is 0. The number of anilines is 1. The lowest BCUT2D eigenvalue weighted by atomic mass is 9.90. The van der Waals surface area contributed by atoms with Gasteiger partial charge in [-0.25, -0.2) is 40.4 Å². The summed E-state index contributed by atoms with van der Waals surface area (Å²) in [6.45, 7) is 27.8. The number of aliphatic imine (C=N–C) groups is 1. The van der Waals surface area contributed by atoms with Crippen molar-refractivity contribution in [2.24, 2.45) is 4.99 Å². The zero-order chi connectivity index (χ0) is 80.0. The number of aromatic nitrogens is 7. The number of nitrogens with two attached hydrogens (primary N) is 1. The fraction of sp³-hybridized carbons (Fsp3) is 0.418. The van der Waals surface area contributed by atoms with Gasteiger partial charge in [-0.05, 0) is 0 Å². The number of likely N-dealkylation sites (N-methyl/N-ethyl adjacent to an activating group) is 4. The Bertz CT molecular complexity index is 4180. The number of hydrogen-bond donors (Lipinski definition) is 5. The van der Waals surface area contributed by atoms with Crippen LogP contribution in [-0.4, -0.2) is 266 Å². The molecular formula is C67H87B4N21O12S7. The number of fused-ring (bicyclic) bond motifs is 7. The molecule has 0 amide bonds. The third kappa shape index (κ3) is 27.5. The number of β-amino-alcohol motifs (C(OH)–C–C–N with tert-alkyl or cyclic N) is 1. The number of thiazole rings is 7. The summed E-state index contributed by atoms with van der Waals surface area (Å²) in [5.74, 6) is 0.0143. The van der Waals surface area contributed by atoms with Crippen LogP contribution >= 0.6 is 79.4 Å². The highest BCUT2D eigenvalue weighted by Crippen LogP contribution is 2.36. The summed E-state index contributed by atoms with van der Waals surface area (Å²) in [5, 5.41) is 32.8. The summed E-state index contributed by atoms with van der Waals surface area (Å²) in [4.78, 5) is 139. The Labute approximate surface area is 676 Å². The van der Waals surface area contributed by atoms with E-state index in [0.29, 0.717) is 100 Å². The van der Waals surface area contributed by atoms with Crippen LogP contribution in [0, 0.1) is 11.3 Å². The molecule has 6 atom stereocenters. The molecule has 7 aromatic rings. The van der Waals surface area contributed by atoms with Gasteiger partial charge in [0.15, 0.2) is 16.7 Å². The van der Waals surface area contributed by atoms with Crippen LogP contribution in [0.3, 0.4) is 0 Å². The number of nitriles is 1. The number of hydrogen-bond acceptors (Lipinski definition) is 40. The number of nitrogens with zero attached hydrogens (tertiary/aromatic N) is 17. The van der Waals surface area contributed by atoms with Gasteiger partial charge in [-0.1, -0.05) is 41.7 Å². The molecule has 586 valence electrons. The normalized spacial score (nSPS) is 19.1. The topological polar surface area (TPSA) is 383 Å². The van der Waals surface area contributed by atoms with Gasteiger partial charge in [0.1, 0.15) is 12.1 Å². The number of nitrogen functional groups attached to an aromatic ring is 1. The molecule has 7 aliphatic rings. The van der Waals surface area contributed by atoms with Crippen molar-refractivity contribution in [1.82, 2.24) is 90.5 Å². The second-order valence-corrected chi connectivity index (χ2v) is 30.1. The van der Waals surface area contributed by atoms with E-state index in [9.17, 15) is 33.9 Å². The minimum absolute atomic E-state index is 0.0291. The predicted molar refractivity (Wildman–Crippen MR) is 437 cm³/mol. The third-order valence-corrected chi connectivity index (χ3v) is 23.1. The SMILES string of the molecule is C=CCON(C)C1CN([B]C=O)Cc2ncsc21.C=CCON(C)C1CN=Cc2ncsc21.C=CCON(C)C1CNC(C#N)c2ncsc21.C=CCON(C)C1CNCc2ncsc21.C=CCONC.Nc1nc2c(s1)C(=O)CN([B]C=O)C2.O=C[B]N1CC(=O)c2scnc2C1.O=C[B]N1Cc2ncsc2C(O)C1. The first-order chi connectivity index (χ1) is 53.9. The molecule has 7 aromatic heterocycles. The van der Waals surface area contributed by atoms with Crippen LogP contribution in [0.1, 0.15) is 120 Å². The number of aliphatic hydroxyl groups is 1. The number of carbonyl (C=O) groups is 6.